The first-order valence-corrected chi connectivity index (χ1v) is 10.6. The second-order valence-electron chi connectivity index (χ2n) is 8.57. The van der Waals surface area contributed by atoms with Crippen molar-refractivity contribution in [1.82, 2.24) is 9.97 Å². The van der Waals surface area contributed by atoms with Gasteiger partial charge in [-0.05, 0) is 43.2 Å². The first kappa shape index (κ1) is 21.5. The minimum absolute atomic E-state index is 0.0848. The van der Waals surface area contributed by atoms with Crippen LogP contribution in [0.15, 0.2) is 30.5 Å². The lowest BCUT2D eigenvalue weighted by Crippen LogP contribution is -2.18. The molecule has 162 valence electrons. The molecule has 0 spiro atoms. The van der Waals surface area contributed by atoms with E-state index in [4.69, 9.17) is 21.1 Å². The first-order valence-electron chi connectivity index (χ1n) is 10.2. The summed E-state index contributed by atoms with van der Waals surface area (Å²) in [6.45, 7) is 6.59. The molecule has 3 aromatic rings. The van der Waals surface area contributed by atoms with Crippen molar-refractivity contribution in [2.75, 3.05) is 13.7 Å². The van der Waals surface area contributed by atoms with Crippen LogP contribution in [0.3, 0.4) is 0 Å². The predicted molar refractivity (Wildman–Crippen MR) is 119 cm³/mol. The maximum absolute atomic E-state index is 12.9. The number of ketones is 1. The number of ether oxygens (including phenoxy) is 2. The van der Waals surface area contributed by atoms with E-state index in [-0.39, 0.29) is 29.2 Å². The van der Waals surface area contributed by atoms with Gasteiger partial charge in [-0.2, -0.15) is 0 Å². The van der Waals surface area contributed by atoms with E-state index in [0.29, 0.717) is 29.4 Å². The molecule has 0 fully saturated rings. The number of aromatic nitrogens is 2. The molecular weight excluding hydrogens is 416 g/mol. The summed E-state index contributed by atoms with van der Waals surface area (Å²) < 4.78 is 11.1. The SMILES string of the molecule is COc1cc(C(=O)CCC(O)c2cc3c(c(Cl)n2)OCC3(C)C)cc2c(C)ccnc12. The second kappa shape index (κ2) is 8.09. The van der Waals surface area contributed by atoms with Crippen LogP contribution in [0.4, 0.5) is 0 Å². The van der Waals surface area contributed by atoms with E-state index in [1.54, 1.807) is 19.4 Å². The lowest BCUT2D eigenvalue weighted by atomic mass is 9.86. The van der Waals surface area contributed by atoms with E-state index >= 15 is 0 Å². The molecule has 0 radical (unpaired) electrons. The maximum Gasteiger partial charge on any atom is 0.171 e. The van der Waals surface area contributed by atoms with Crippen LogP contribution in [0, 0.1) is 6.92 Å². The molecule has 0 aliphatic carbocycles. The van der Waals surface area contributed by atoms with Crippen LogP contribution in [0.25, 0.3) is 10.9 Å². The molecule has 7 heteroatoms. The Labute approximate surface area is 186 Å². The molecule has 31 heavy (non-hydrogen) atoms. The number of hydrogen-bond donors (Lipinski definition) is 1. The Morgan fingerprint density at radius 1 is 1.35 bits per heavy atom. The molecule has 6 nitrogen and oxygen atoms in total. The number of hydrogen-bond acceptors (Lipinski definition) is 6. The van der Waals surface area contributed by atoms with Gasteiger partial charge in [0.2, 0.25) is 0 Å². The molecule has 1 aliphatic rings. The van der Waals surface area contributed by atoms with Crippen molar-refractivity contribution in [1.29, 1.82) is 0 Å². The molecule has 0 bridgehead atoms. The topological polar surface area (TPSA) is 81.5 Å². The van der Waals surface area contributed by atoms with Crippen LogP contribution in [-0.4, -0.2) is 34.6 Å². The summed E-state index contributed by atoms with van der Waals surface area (Å²) >= 11 is 6.27. The van der Waals surface area contributed by atoms with Crippen molar-refractivity contribution in [2.24, 2.45) is 0 Å². The third kappa shape index (κ3) is 3.98. The molecule has 1 aliphatic heterocycles. The fourth-order valence-corrected chi connectivity index (χ4v) is 4.15. The number of rotatable bonds is 6. The van der Waals surface area contributed by atoms with Gasteiger partial charge in [-0.15, -0.1) is 0 Å². The predicted octanol–water partition coefficient (Wildman–Crippen LogP) is 4.97. The van der Waals surface area contributed by atoms with Crippen LogP contribution in [0.5, 0.6) is 11.5 Å². The van der Waals surface area contributed by atoms with Crippen LogP contribution in [0.1, 0.15) is 60.0 Å². The molecule has 4 rings (SSSR count). The molecule has 0 amide bonds. The van der Waals surface area contributed by atoms with Gasteiger partial charge in [-0.1, -0.05) is 25.4 Å². The molecule has 0 saturated heterocycles. The number of pyridine rings is 2. The Morgan fingerprint density at radius 3 is 2.87 bits per heavy atom. The van der Waals surface area contributed by atoms with Crippen molar-refractivity contribution in [3.8, 4) is 11.5 Å². The minimum atomic E-state index is -0.908. The zero-order chi connectivity index (χ0) is 22.3. The number of aliphatic hydroxyl groups excluding tert-OH is 1. The third-order valence-corrected chi connectivity index (χ3v) is 6.07. The average Bonchev–Trinajstić information content (AvgIpc) is 3.06. The molecule has 1 N–H and O–H groups in total. The van der Waals surface area contributed by atoms with Crippen molar-refractivity contribution in [3.63, 3.8) is 0 Å². The summed E-state index contributed by atoms with van der Waals surface area (Å²) in [7, 11) is 1.56. The highest BCUT2D eigenvalue weighted by Gasteiger charge is 2.35. The van der Waals surface area contributed by atoms with Crippen molar-refractivity contribution in [2.45, 2.75) is 45.1 Å². The number of nitrogens with zero attached hydrogens (tertiary/aromatic N) is 2. The van der Waals surface area contributed by atoms with Gasteiger partial charge in [0.25, 0.3) is 0 Å². The Morgan fingerprint density at radius 2 is 2.13 bits per heavy atom. The highest BCUT2D eigenvalue weighted by Crippen LogP contribution is 2.43. The minimum Gasteiger partial charge on any atom is -0.494 e. The Bertz CT molecular complexity index is 1180. The van der Waals surface area contributed by atoms with Gasteiger partial charge < -0.3 is 14.6 Å². The Kier molecular flexibility index (Phi) is 5.62. The monoisotopic (exact) mass is 440 g/mol. The molecule has 2 aromatic heterocycles. The standard InChI is InChI=1S/C24H25ClN2O4/c1-13-7-8-26-21-15(13)9-14(10-20(21)30-4)18(28)5-6-19(29)17-11-16-22(23(25)27-17)31-12-24(16,2)3/h7-11,19,29H,5-6,12H2,1-4H3. The number of carbonyl (C=O) groups is 1. The number of Topliss-reactive ketones (excluding diaryl/α,β-unsaturated/α-hetero) is 1. The molecule has 1 unspecified atom stereocenters. The van der Waals surface area contributed by atoms with Gasteiger partial charge in [0.1, 0.15) is 11.3 Å². The number of aliphatic hydroxyl groups is 1. The van der Waals surface area contributed by atoms with Gasteiger partial charge in [-0.25, -0.2) is 4.98 Å². The maximum atomic E-state index is 12.9. The Hall–Kier alpha value is -2.70. The summed E-state index contributed by atoms with van der Waals surface area (Å²) in [6, 6.07) is 7.26. The molecular formula is C24H25ClN2O4. The summed E-state index contributed by atoms with van der Waals surface area (Å²) in [5.74, 6) is 1.05. The summed E-state index contributed by atoms with van der Waals surface area (Å²) in [6.07, 6.45) is 1.20. The van der Waals surface area contributed by atoms with Gasteiger partial charge in [0.15, 0.2) is 16.7 Å². The fourth-order valence-electron chi connectivity index (χ4n) is 3.89. The van der Waals surface area contributed by atoms with E-state index in [2.05, 4.69) is 23.8 Å². The fraction of sp³-hybridized carbons (Fsp3) is 0.375. The zero-order valence-electron chi connectivity index (χ0n) is 18.0. The molecule has 0 saturated carbocycles. The summed E-state index contributed by atoms with van der Waals surface area (Å²) in [4.78, 5) is 21.6. The zero-order valence-corrected chi connectivity index (χ0v) is 18.8. The number of fused-ring (bicyclic) bond motifs is 2. The van der Waals surface area contributed by atoms with E-state index in [1.807, 2.05) is 25.1 Å². The second-order valence-corrected chi connectivity index (χ2v) is 8.93. The van der Waals surface area contributed by atoms with Gasteiger partial charge >= 0.3 is 0 Å². The van der Waals surface area contributed by atoms with E-state index in [1.165, 1.54) is 0 Å². The Balaban J connectivity index is 1.54. The summed E-state index contributed by atoms with van der Waals surface area (Å²) in [5.41, 5.74) is 3.43. The molecule has 1 atom stereocenters. The number of aryl methyl sites for hydroxylation is 1. The highest BCUT2D eigenvalue weighted by atomic mass is 35.5. The number of carbonyl (C=O) groups excluding carboxylic acids is 1. The lowest BCUT2D eigenvalue weighted by Gasteiger charge is -2.17. The number of benzene rings is 1. The first-order chi connectivity index (χ1) is 14.7. The van der Waals surface area contributed by atoms with Crippen molar-refractivity contribution >= 4 is 28.3 Å². The normalized spacial score (nSPS) is 15.4. The number of methoxy groups -OCH3 is 1. The van der Waals surface area contributed by atoms with E-state index < -0.39 is 6.10 Å². The summed E-state index contributed by atoms with van der Waals surface area (Å²) in [5, 5.41) is 11.8. The third-order valence-electron chi connectivity index (χ3n) is 5.81. The smallest absolute Gasteiger partial charge is 0.171 e. The van der Waals surface area contributed by atoms with Crippen molar-refractivity contribution in [3.05, 3.63) is 58.0 Å². The van der Waals surface area contributed by atoms with Gasteiger partial charge in [0.05, 0.1) is 25.5 Å². The van der Waals surface area contributed by atoms with Gasteiger partial charge in [0, 0.05) is 34.5 Å². The van der Waals surface area contributed by atoms with E-state index in [0.717, 1.165) is 22.0 Å². The average molecular weight is 441 g/mol. The lowest BCUT2D eigenvalue weighted by molar-refractivity contribution is 0.0937. The van der Waals surface area contributed by atoms with Crippen LogP contribution in [0.2, 0.25) is 5.15 Å². The van der Waals surface area contributed by atoms with Crippen LogP contribution < -0.4 is 9.47 Å². The quantitative estimate of drug-likeness (QED) is 0.430. The highest BCUT2D eigenvalue weighted by molar-refractivity contribution is 6.31. The van der Waals surface area contributed by atoms with E-state index in [9.17, 15) is 9.90 Å². The van der Waals surface area contributed by atoms with Crippen LogP contribution >= 0.6 is 11.6 Å². The number of halogens is 1. The van der Waals surface area contributed by atoms with Crippen LogP contribution in [-0.2, 0) is 5.41 Å². The van der Waals surface area contributed by atoms with Crippen molar-refractivity contribution < 1.29 is 19.4 Å². The molecule has 3 heterocycles. The molecule has 1 aromatic carbocycles. The van der Waals surface area contributed by atoms with Gasteiger partial charge in [-0.3, -0.25) is 9.78 Å². The largest absolute Gasteiger partial charge is 0.494 e.